The quantitative estimate of drug-likeness (QED) is 0.814. The molecule has 3 heteroatoms. The third-order valence-electron chi connectivity index (χ3n) is 2.88. The van der Waals surface area contributed by atoms with Gasteiger partial charge in [0.25, 0.3) is 0 Å². The highest BCUT2D eigenvalue weighted by Gasteiger charge is 2.36. The maximum Gasteiger partial charge on any atom is 0.407 e. The average Bonchev–Trinajstić information content (AvgIpc) is 2.10. The first-order chi connectivity index (χ1) is 7.48. The highest BCUT2D eigenvalue weighted by Crippen LogP contribution is 2.33. The van der Waals surface area contributed by atoms with Crippen molar-refractivity contribution < 1.29 is 9.53 Å². The Hall–Kier alpha value is -0.730. The molecule has 1 atom stereocenters. The third-order valence-corrected chi connectivity index (χ3v) is 2.88. The molecule has 0 saturated heterocycles. The van der Waals surface area contributed by atoms with Gasteiger partial charge >= 0.3 is 6.09 Å². The third kappa shape index (κ3) is 5.94. The number of hydrogen-bond donors (Lipinski definition) is 1. The molecular weight excluding hydrogens is 214 g/mol. The summed E-state index contributed by atoms with van der Waals surface area (Å²) in [5.74, 6) is 0. The summed E-state index contributed by atoms with van der Waals surface area (Å²) in [4.78, 5) is 11.8. The maximum atomic E-state index is 11.8. The Bertz CT molecular complexity index is 234. The summed E-state index contributed by atoms with van der Waals surface area (Å²) in [6, 6.07) is 0.0755. The smallest absolute Gasteiger partial charge is 0.407 e. The molecule has 0 rings (SSSR count). The fraction of sp³-hybridized carbons (Fsp3) is 0.929. The van der Waals surface area contributed by atoms with Crippen molar-refractivity contribution in [2.75, 3.05) is 0 Å². The molecule has 0 saturated carbocycles. The van der Waals surface area contributed by atoms with Crippen molar-refractivity contribution in [1.29, 1.82) is 0 Å². The van der Waals surface area contributed by atoms with E-state index in [2.05, 4.69) is 46.9 Å². The van der Waals surface area contributed by atoms with Gasteiger partial charge in [0, 0.05) is 6.04 Å². The van der Waals surface area contributed by atoms with Gasteiger partial charge in [-0.05, 0) is 24.2 Å². The summed E-state index contributed by atoms with van der Waals surface area (Å²) in [6.07, 6.45) is 0.494. The second kappa shape index (κ2) is 5.74. The Morgan fingerprint density at radius 2 is 1.53 bits per heavy atom. The van der Waals surface area contributed by atoms with E-state index in [9.17, 15) is 4.79 Å². The summed E-state index contributed by atoms with van der Waals surface area (Å²) in [5, 5.41) is 3.00. The molecule has 0 aromatic carbocycles. The molecule has 0 bridgehead atoms. The van der Waals surface area contributed by atoms with Crippen LogP contribution in [0.25, 0.3) is 0 Å². The largest absolute Gasteiger partial charge is 0.447 e. The highest BCUT2D eigenvalue weighted by atomic mass is 16.6. The number of nitrogens with one attached hydrogen (secondary N) is 1. The first kappa shape index (κ1) is 16.3. The number of amides is 1. The lowest BCUT2D eigenvalue weighted by Crippen LogP contribution is -2.52. The van der Waals surface area contributed by atoms with Crippen LogP contribution in [0.2, 0.25) is 0 Å². The molecule has 0 heterocycles. The van der Waals surface area contributed by atoms with E-state index < -0.39 is 0 Å². The monoisotopic (exact) mass is 243 g/mol. The molecule has 0 fully saturated rings. The van der Waals surface area contributed by atoms with Crippen molar-refractivity contribution in [3.63, 3.8) is 0 Å². The molecule has 0 radical (unpaired) electrons. The molecular formula is C14H29NO2. The molecule has 102 valence electrons. The van der Waals surface area contributed by atoms with Crippen molar-refractivity contribution in [3.05, 3.63) is 0 Å². The number of carbonyl (C=O) groups excluding carboxylic acids is 1. The second-order valence-electron chi connectivity index (χ2n) is 6.93. The van der Waals surface area contributed by atoms with Gasteiger partial charge in [-0.1, -0.05) is 48.5 Å². The molecule has 0 aromatic rings. The normalized spacial score (nSPS) is 14.6. The van der Waals surface area contributed by atoms with Crippen LogP contribution >= 0.6 is 0 Å². The van der Waals surface area contributed by atoms with Gasteiger partial charge in [0.15, 0.2) is 0 Å². The summed E-state index contributed by atoms with van der Waals surface area (Å²) in [5.41, 5.74) is 0.0133. The van der Waals surface area contributed by atoms with E-state index in [0.717, 1.165) is 6.42 Å². The van der Waals surface area contributed by atoms with Gasteiger partial charge in [0.05, 0.1) is 0 Å². The fourth-order valence-corrected chi connectivity index (χ4v) is 2.15. The van der Waals surface area contributed by atoms with E-state index in [1.54, 1.807) is 0 Å². The Kier molecular flexibility index (Phi) is 5.50. The molecule has 0 spiro atoms. The summed E-state index contributed by atoms with van der Waals surface area (Å²) >= 11 is 0. The van der Waals surface area contributed by atoms with Crippen molar-refractivity contribution >= 4 is 6.09 Å². The van der Waals surface area contributed by atoms with Crippen molar-refractivity contribution in [2.45, 2.75) is 74.0 Å². The summed E-state index contributed by atoms with van der Waals surface area (Å²) < 4.78 is 5.27. The van der Waals surface area contributed by atoms with Crippen LogP contribution in [0.5, 0.6) is 0 Å². The van der Waals surface area contributed by atoms with Crippen LogP contribution in [-0.2, 0) is 4.74 Å². The number of hydrogen-bond acceptors (Lipinski definition) is 2. The SMILES string of the molecule is CCC(C)OC(=O)NC(C(C)(C)C)C(C)(C)C. The number of rotatable bonds is 3. The van der Waals surface area contributed by atoms with E-state index in [4.69, 9.17) is 4.74 Å². The number of carbonyl (C=O) groups is 1. The zero-order chi connectivity index (χ0) is 13.9. The molecule has 1 N–H and O–H groups in total. The van der Waals surface area contributed by atoms with Crippen LogP contribution in [0.3, 0.4) is 0 Å². The topological polar surface area (TPSA) is 38.3 Å². The molecule has 0 aliphatic rings. The molecule has 1 unspecified atom stereocenters. The Morgan fingerprint density at radius 3 is 1.82 bits per heavy atom. The van der Waals surface area contributed by atoms with Crippen LogP contribution in [-0.4, -0.2) is 18.2 Å². The molecule has 3 nitrogen and oxygen atoms in total. The van der Waals surface area contributed by atoms with Gasteiger partial charge in [-0.2, -0.15) is 0 Å². The summed E-state index contributed by atoms with van der Waals surface area (Å²) in [6.45, 7) is 16.7. The van der Waals surface area contributed by atoms with Gasteiger partial charge < -0.3 is 10.1 Å². The molecule has 0 aliphatic heterocycles. The zero-order valence-corrected chi connectivity index (χ0v) is 12.7. The lowest BCUT2D eigenvalue weighted by molar-refractivity contribution is 0.0764. The van der Waals surface area contributed by atoms with Gasteiger partial charge in [0.2, 0.25) is 0 Å². The van der Waals surface area contributed by atoms with E-state index >= 15 is 0 Å². The predicted octanol–water partition coefficient (Wildman–Crippen LogP) is 3.97. The number of ether oxygens (including phenoxy) is 1. The highest BCUT2D eigenvalue weighted by molar-refractivity contribution is 5.68. The average molecular weight is 243 g/mol. The van der Waals surface area contributed by atoms with Crippen molar-refractivity contribution in [3.8, 4) is 0 Å². The molecule has 0 aliphatic carbocycles. The summed E-state index contributed by atoms with van der Waals surface area (Å²) in [7, 11) is 0. The Morgan fingerprint density at radius 1 is 1.12 bits per heavy atom. The minimum atomic E-state index is -0.311. The van der Waals surface area contributed by atoms with Crippen molar-refractivity contribution in [1.82, 2.24) is 5.32 Å². The fourth-order valence-electron chi connectivity index (χ4n) is 2.15. The van der Waals surface area contributed by atoms with Crippen molar-refractivity contribution in [2.24, 2.45) is 10.8 Å². The standard InChI is InChI=1S/C14H29NO2/c1-9-10(2)17-12(16)15-11(13(3,4)5)14(6,7)8/h10-11H,9H2,1-8H3,(H,15,16). The predicted molar refractivity (Wildman–Crippen MR) is 72.1 cm³/mol. The lowest BCUT2D eigenvalue weighted by atomic mass is 9.72. The van der Waals surface area contributed by atoms with Crippen LogP contribution < -0.4 is 5.32 Å². The minimum absolute atomic E-state index is 0.00667. The molecule has 0 aromatic heterocycles. The first-order valence-corrected chi connectivity index (χ1v) is 6.45. The van der Waals surface area contributed by atoms with Gasteiger partial charge in [-0.3, -0.25) is 0 Å². The number of alkyl carbamates (subject to hydrolysis) is 1. The van der Waals surface area contributed by atoms with Crippen LogP contribution in [0.15, 0.2) is 0 Å². The van der Waals surface area contributed by atoms with Gasteiger partial charge in [-0.15, -0.1) is 0 Å². The van der Waals surface area contributed by atoms with E-state index in [-0.39, 0.29) is 29.1 Å². The Labute approximate surface area is 106 Å². The van der Waals surface area contributed by atoms with E-state index in [1.165, 1.54) is 0 Å². The van der Waals surface area contributed by atoms with Gasteiger partial charge in [0.1, 0.15) is 6.10 Å². The molecule has 1 amide bonds. The lowest BCUT2D eigenvalue weighted by Gasteiger charge is -2.40. The minimum Gasteiger partial charge on any atom is -0.447 e. The van der Waals surface area contributed by atoms with E-state index in [1.807, 2.05) is 13.8 Å². The van der Waals surface area contributed by atoms with Crippen LogP contribution in [0.4, 0.5) is 4.79 Å². The maximum absolute atomic E-state index is 11.8. The van der Waals surface area contributed by atoms with E-state index in [0.29, 0.717) is 0 Å². The van der Waals surface area contributed by atoms with Crippen LogP contribution in [0, 0.1) is 10.8 Å². The Balaban J connectivity index is 4.63. The van der Waals surface area contributed by atoms with Crippen LogP contribution in [0.1, 0.15) is 61.8 Å². The first-order valence-electron chi connectivity index (χ1n) is 6.45. The van der Waals surface area contributed by atoms with Gasteiger partial charge in [-0.25, -0.2) is 4.79 Å². The zero-order valence-electron chi connectivity index (χ0n) is 12.7. The second-order valence-corrected chi connectivity index (χ2v) is 6.93. The molecule has 17 heavy (non-hydrogen) atoms.